The van der Waals surface area contributed by atoms with E-state index in [0.29, 0.717) is 6.07 Å². The van der Waals surface area contributed by atoms with Gasteiger partial charge in [-0.25, -0.2) is 0 Å². The highest BCUT2D eigenvalue weighted by atomic mass is 35.5. The molecule has 8 heteroatoms. The second-order valence-electron chi connectivity index (χ2n) is 2.85. The molecule has 0 bridgehead atoms. The van der Waals surface area contributed by atoms with Gasteiger partial charge in [0.05, 0.1) is 22.7 Å². The number of halogens is 7. The number of rotatable bonds is 1. The fraction of sp³-hybridized carbons (Fsp3) is 0.375. The van der Waals surface area contributed by atoms with Crippen molar-refractivity contribution in [2.24, 2.45) is 0 Å². The molecule has 0 amide bonds. The van der Waals surface area contributed by atoms with E-state index in [1.807, 2.05) is 0 Å². The van der Waals surface area contributed by atoms with Crippen LogP contribution >= 0.6 is 11.6 Å². The van der Waals surface area contributed by atoms with E-state index in [4.69, 9.17) is 11.6 Å². The summed E-state index contributed by atoms with van der Waals surface area (Å²) in [7, 11) is 0. The van der Waals surface area contributed by atoms with Crippen molar-refractivity contribution in [1.82, 2.24) is 4.98 Å². The Bertz CT molecular complexity index is 383. The first-order valence-corrected chi connectivity index (χ1v) is 4.39. The lowest BCUT2D eigenvalue weighted by Gasteiger charge is -2.15. The van der Waals surface area contributed by atoms with Crippen LogP contribution in [0.4, 0.5) is 26.3 Å². The molecule has 90 valence electrons. The summed E-state index contributed by atoms with van der Waals surface area (Å²) in [6, 6.07) is 0.301. The maximum atomic E-state index is 12.3. The smallest absolute Gasteiger partial charge is 0.259 e. The number of aromatic nitrogens is 1. The molecule has 0 saturated carbocycles. The summed E-state index contributed by atoms with van der Waals surface area (Å²) in [6.45, 7) is 0. The maximum Gasteiger partial charge on any atom is 0.418 e. The maximum absolute atomic E-state index is 12.3. The Hall–Kier alpha value is -0.980. The SMILES string of the molecule is FC(F)(F)c1cnc(CCl)cc1C(F)(F)F. The van der Waals surface area contributed by atoms with Gasteiger partial charge in [0, 0.05) is 6.20 Å². The van der Waals surface area contributed by atoms with Gasteiger partial charge >= 0.3 is 12.4 Å². The minimum absolute atomic E-state index is 0.139. The van der Waals surface area contributed by atoms with Crippen molar-refractivity contribution < 1.29 is 26.3 Å². The fourth-order valence-electron chi connectivity index (χ4n) is 1.03. The van der Waals surface area contributed by atoms with Crippen molar-refractivity contribution in [3.05, 3.63) is 29.1 Å². The molecule has 0 fully saturated rings. The molecule has 0 N–H and O–H groups in total. The molecule has 1 rings (SSSR count). The van der Waals surface area contributed by atoms with Crippen LogP contribution in [-0.4, -0.2) is 4.98 Å². The van der Waals surface area contributed by atoms with Crippen molar-refractivity contribution in [3.8, 4) is 0 Å². The second-order valence-corrected chi connectivity index (χ2v) is 3.12. The van der Waals surface area contributed by atoms with E-state index >= 15 is 0 Å². The highest BCUT2D eigenvalue weighted by Gasteiger charge is 2.43. The van der Waals surface area contributed by atoms with Crippen LogP contribution in [0.15, 0.2) is 12.3 Å². The van der Waals surface area contributed by atoms with E-state index in [0.717, 1.165) is 0 Å². The zero-order valence-electron chi connectivity index (χ0n) is 7.45. The van der Waals surface area contributed by atoms with Gasteiger partial charge in [-0.05, 0) is 6.07 Å². The van der Waals surface area contributed by atoms with Gasteiger partial charge < -0.3 is 0 Å². The predicted octanol–water partition coefficient (Wildman–Crippen LogP) is 3.86. The molecule has 0 aliphatic heterocycles. The molecule has 0 radical (unpaired) electrons. The summed E-state index contributed by atoms with van der Waals surface area (Å²) in [4.78, 5) is 3.19. The summed E-state index contributed by atoms with van der Waals surface area (Å²) < 4.78 is 73.7. The Morgan fingerprint density at radius 1 is 1.00 bits per heavy atom. The van der Waals surface area contributed by atoms with Crippen LogP contribution in [0.2, 0.25) is 0 Å². The Kier molecular flexibility index (Phi) is 3.37. The number of pyridine rings is 1. The van der Waals surface area contributed by atoms with Crippen LogP contribution in [0, 0.1) is 0 Å². The van der Waals surface area contributed by atoms with E-state index in [9.17, 15) is 26.3 Å². The van der Waals surface area contributed by atoms with E-state index in [1.165, 1.54) is 0 Å². The molecule has 0 spiro atoms. The van der Waals surface area contributed by atoms with Crippen LogP contribution < -0.4 is 0 Å². The molecular weight excluding hydrogens is 260 g/mol. The third kappa shape index (κ3) is 2.78. The number of nitrogens with zero attached hydrogens (tertiary/aromatic N) is 1. The molecule has 0 aliphatic rings. The van der Waals surface area contributed by atoms with Crippen molar-refractivity contribution >= 4 is 11.6 Å². The number of alkyl halides is 7. The van der Waals surface area contributed by atoms with Gasteiger partial charge in [0.1, 0.15) is 0 Å². The van der Waals surface area contributed by atoms with Crippen molar-refractivity contribution in [3.63, 3.8) is 0 Å². The van der Waals surface area contributed by atoms with Gasteiger partial charge in [0.25, 0.3) is 0 Å². The molecule has 0 saturated heterocycles. The Morgan fingerprint density at radius 2 is 1.50 bits per heavy atom. The molecular formula is C8H4ClF6N. The standard InChI is InChI=1S/C8H4ClF6N/c9-2-4-1-5(7(10,11)12)6(3-16-4)8(13,14)15/h1,3H,2H2. The van der Waals surface area contributed by atoms with Crippen LogP contribution in [0.25, 0.3) is 0 Å². The van der Waals surface area contributed by atoms with Gasteiger partial charge in [-0.2, -0.15) is 26.3 Å². The largest absolute Gasteiger partial charge is 0.418 e. The Balaban J connectivity index is 3.40. The summed E-state index contributed by atoms with van der Waals surface area (Å²) in [5, 5.41) is 0. The summed E-state index contributed by atoms with van der Waals surface area (Å²) in [6.07, 6.45) is -10.0. The number of hydrogen-bond donors (Lipinski definition) is 0. The third-order valence-corrected chi connectivity index (χ3v) is 1.98. The summed E-state index contributed by atoms with van der Waals surface area (Å²) in [5.74, 6) is -0.388. The number of hydrogen-bond acceptors (Lipinski definition) is 1. The molecule has 1 nitrogen and oxygen atoms in total. The van der Waals surface area contributed by atoms with Gasteiger partial charge in [0.15, 0.2) is 0 Å². The molecule has 1 aromatic heterocycles. The van der Waals surface area contributed by atoms with Gasteiger partial charge in [-0.15, -0.1) is 11.6 Å². The minimum Gasteiger partial charge on any atom is -0.259 e. The lowest BCUT2D eigenvalue weighted by molar-refractivity contribution is -0.162. The molecule has 0 unspecified atom stereocenters. The Labute approximate surface area is 91.0 Å². The first kappa shape index (κ1) is 13.1. The molecule has 16 heavy (non-hydrogen) atoms. The second kappa shape index (κ2) is 4.12. The van der Waals surface area contributed by atoms with Gasteiger partial charge in [-0.3, -0.25) is 4.98 Å². The third-order valence-electron chi connectivity index (χ3n) is 1.71. The van der Waals surface area contributed by atoms with Crippen LogP contribution in [0.1, 0.15) is 16.8 Å². The van der Waals surface area contributed by atoms with E-state index < -0.39 is 23.5 Å². The first-order valence-electron chi connectivity index (χ1n) is 3.85. The molecule has 1 heterocycles. The minimum atomic E-state index is -5.09. The van der Waals surface area contributed by atoms with Gasteiger partial charge in [-0.1, -0.05) is 0 Å². The van der Waals surface area contributed by atoms with Crippen molar-refractivity contribution in [2.45, 2.75) is 18.2 Å². The Morgan fingerprint density at radius 3 is 1.88 bits per heavy atom. The zero-order valence-corrected chi connectivity index (χ0v) is 8.21. The zero-order chi connectivity index (χ0) is 12.6. The predicted molar refractivity (Wildman–Crippen MR) is 43.8 cm³/mol. The quantitative estimate of drug-likeness (QED) is 0.554. The lowest BCUT2D eigenvalue weighted by atomic mass is 10.1. The molecule has 0 atom stereocenters. The van der Waals surface area contributed by atoms with Crippen molar-refractivity contribution in [2.75, 3.05) is 0 Å². The van der Waals surface area contributed by atoms with Crippen LogP contribution in [0.3, 0.4) is 0 Å². The van der Waals surface area contributed by atoms with E-state index in [1.54, 1.807) is 0 Å². The van der Waals surface area contributed by atoms with E-state index in [2.05, 4.69) is 4.98 Å². The molecule has 0 aliphatic carbocycles. The average Bonchev–Trinajstić information content (AvgIpc) is 2.14. The summed E-state index contributed by atoms with van der Waals surface area (Å²) >= 11 is 5.20. The molecule has 1 aromatic rings. The fourth-order valence-corrected chi connectivity index (χ4v) is 1.18. The highest BCUT2D eigenvalue weighted by Crippen LogP contribution is 2.40. The highest BCUT2D eigenvalue weighted by molar-refractivity contribution is 6.16. The van der Waals surface area contributed by atoms with E-state index in [-0.39, 0.29) is 17.8 Å². The topological polar surface area (TPSA) is 12.9 Å². The lowest BCUT2D eigenvalue weighted by Crippen LogP contribution is -2.17. The van der Waals surface area contributed by atoms with Gasteiger partial charge in [0.2, 0.25) is 0 Å². The molecule has 0 aromatic carbocycles. The normalized spacial score (nSPS) is 12.9. The van der Waals surface area contributed by atoms with Crippen LogP contribution in [0.5, 0.6) is 0 Å². The first-order chi connectivity index (χ1) is 7.16. The summed E-state index contributed by atoms with van der Waals surface area (Å²) in [5.41, 5.74) is -3.85. The monoisotopic (exact) mass is 263 g/mol. The van der Waals surface area contributed by atoms with Crippen molar-refractivity contribution in [1.29, 1.82) is 0 Å². The average molecular weight is 264 g/mol. The van der Waals surface area contributed by atoms with Crippen LogP contribution in [-0.2, 0) is 18.2 Å².